The molecular weight excluding hydrogens is 419 g/mol. The van der Waals surface area contributed by atoms with E-state index in [1.54, 1.807) is 6.07 Å². The first-order chi connectivity index (χ1) is 14.6. The van der Waals surface area contributed by atoms with Gasteiger partial charge >= 0.3 is 0 Å². The first kappa shape index (κ1) is 18.4. The number of benzene rings is 3. The second kappa shape index (κ2) is 6.06. The molecule has 31 heavy (non-hydrogen) atoms. The highest BCUT2D eigenvalue weighted by atomic mass is 35.5. The van der Waals surface area contributed by atoms with Crippen LogP contribution in [-0.2, 0) is 13.1 Å². The molecule has 3 aromatic carbocycles. The van der Waals surface area contributed by atoms with Gasteiger partial charge in [0, 0.05) is 46.7 Å². The molecule has 0 spiro atoms. The molecule has 0 radical (unpaired) electrons. The Morgan fingerprint density at radius 1 is 0.935 bits per heavy atom. The van der Waals surface area contributed by atoms with E-state index in [0.29, 0.717) is 22.0 Å². The molecule has 2 aromatic heterocycles. The maximum Gasteiger partial charge on any atom is 0.259 e. The number of para-hydroxylation sites is 1. The number of halogens is 2. The molecule has 2 aliphatic heterocycles. The molecule has 0 unspecified atom stereocenters. The van der Waals surface area contributed by atoms with Gasteiger partial charge in [-0.25, -0.2) is 4.39 Å². The summed E-state index contributed by atoms with van der Waals surface area (Å²) in [6, 6.07) is 10.6. The lowest BCUT2D eigenvalue weighted by atomic mass is 9.96. The van der Waals surface area contributed by atoms with Gasteiger partial charge in [-0.2, -0.15) is 0 Å². The molecule has 5 aromatic rings. The average molecular weight is 435 g/mol. The predicted octanol–water partition coefficient (Wildman–Crippen LogP) is 3.98. The third kappa shape index (κ3) is 2.14. The third-order valence-electron chi connectivity index (χ3n) is 6.42. The first-order valence-corrected chi connectivity index (χ1v) is 9.90. The standard InChI is InChI=1S/C23H15FN4O2.ClH/c24-11-4-5-12-14(8-11)26-19-15(12)17-18(23(30)27-22(17)29)16-13-3-1-2-10-9-25-6-7-28(20(10)13)21(16)19;/h1-5,8,25-26H,6-7,9H2,(H,27,29,30);1H. The van der Waals surface area contributed by atoms with E-state index in [2.05, 4.69) is 26.3 Å². The van der Waals surface area contributed by atoms with Crippen LogP contribution in [-0.4, -0.2) is 27.9 Å². The largest absolute Gasteiger partial charge is 0.353 e. The van der Waals surface area contributed by atoms with Gasteiger partial charge in [-0.15, -0.1) is 12.4 Å². The fraction of sp³-hybridized carbons (Fsp3) is 0.130. The number of aromatic nitrogens is 2. The molecule has 4 heterocycles. The summed E-state index contributed by atoms with van der Waals surface area (Å²) in [5.74, 6) is -1.14. The minimum absolute atomic E-state index is 0. The van der Waals surface area contributed by atoms with Gasteiger partial charge in [0.1, 0.15) is 5.82 Å². The van der Waals surface area contributed by atoms with Crippen LogP contribution >= 0.6 is 12.4 Å². The van der Waals surface area contributed by atoms with Gasteiger partial charge < -0.3 is 14.9 Å². The van der Waals surface area contributed by atoms with Crippen molar-refractivity contribution < 1.29 is 14.0 Å². The van der Waals surface area contributed by atoms with Crippen LogP contribution in [0.3, 0.4) is 0 Å². The van der Waals surface area contributed by atoms with Crippen LogP contribution in [0.25, 0.3) is 43.6 Å². The Morgan fingerprint density at radius 2 is 1.74 bits per heavy atom. The number of H-pyrrole nitrogens is 1. The number of amides is 2. The molecule has 3 N–H and O–H groups in total. The smallest absolute Gasteiger partial charge is 0.259 e. The molecule has 0 fully saturated rings. The molecule has 0 bridgehead atoms. The lowest BCUT2D eigenvalue weighted by molar-refractivity contribution is 0.0880. The molecule has 2 aliphatic rings. The normalized spacial score (nSPS) is 15.5. The Labute approximate surface area is 180 Å². The molecule has 0 saturated carbocycles. The van der Waals surface area contributed by atoms with E-state index in [9.17, 15) is 14.0 Å². The second-order valence-electron chi connectivity index (χ2n) is 7.96. The molecule has 0 atom stereocenters. The summed E-state index contributed by atoms with van der Waals surface area (Å²) in [5.41, 5.74) is 5.27. The number of fused-ring (bicyclic) bond motifs is 10. The van der Waals surface area contributed by atoms with E-state index < -0.39 is 5.91 Å². The summed E-state index contributed by atoms with van der Waals surface area (Å²) in [6.07, 6.45) is 0. The number of hydrogen-bond acceptors (Lipinski definition) is 3. The average Bonchev–Trinajstić information content (AvgIpc) is 3.28. The van der Waals surface area contributed by atoms with Gasteiger partial charge in [0.15, 0.2) is 0 Å². The van der Waals surface area contributed by atoms with Crippen LogP contribution in [0.4, 0.5) is 4.39 Å². The van der Waals surface area contributed by atoms with Crippen molar-refractivity contribution in [2.24, 2.45) is 0 Å². The van der Waals surface area contributed by atoms with Crippen LogP contribution < -0.4 is 10.6 Å². The van der Waals surface area contributed by atoms with E-state index in [0.717, 1.165) is 57.9 Å². The van der Waals surface area contributed by atoms with Crippen LogP contribution in [0.2, 0.25) is 0 Å². The van der Waals surface area contributed by atoms with Gasteiger partial charge in [0.05, 0.1) is 27.7 Å². The number of rotatable bonds is 0. The number of imide groups is 1. The van der Waals surface area contributed by atoms with Crippen molar-refractivity contribution in [2.45, 2.75) is 13.1 Å². The Bertz CT molecular complexity index is 1630. The second-order valence-corrected chi connectivity index (χ2v) is 7.96. The van der Waals surface area contributed by atoms with Gasteiger partial charge in [0.2, 0.25) is 0 Å². The summed E-state index contributed by atoms with van der Waals surface area (Å²) in [7, 11) is 0. The summed E-state index contributed by atoms with van der Waals surface area (Å²) in [6.45, 7) is 2.25. The lowest BCUT2D eigenvalue weighted by Gasteiger charge is -2.08. The highest BCUT2D eigenvalue weighted by Crippen LogP contribution is 2.44. The summed E-state index contributed by atoms with van der Waals surface area (Å²) < 4.78 is 16.2. The number of carbonyl (C=O) groups is 2. The molecule has 154 valence electrons. The Morgan fingerprint density at radius 3 is 2.58 bits per heavy atom. The zero-order valence-electron chi connectivity index (χ0n) is 16.1. The van der Waals surface area contributed by atoms with Crippen molar-refractivity contribution in [3.63, 3.8) is 0 Å². The Balaban J connectivity index is 0.00000185. The zero-order valence-corrected chi connectivity index (χ0v) is 17.0. The zero-order chi connectivity index (χ0) is 20.1. The number of nitrogens with zero attached hydrogens (tertiary/aromatic N) is 1. The summed E-state index contributed by atoms with van der Waals surface area (Å²) in [4.78, 5) is 29.1. The van der Waals surface area contributed by atoms with Gasteiger partial charge in [-0.05, 0) is 23.8 Å². The molecule has 6 nitrogen and oxygen atoms in total. The minimum atomic E-state index is -0.405. The van der Waals surface area contributed by atoms with Crippen molar-refractivity contribution in [3.05, 3.63) is 58.9 Å². The fourth-order valence-electron chi connectivity index (χ4n) is 5.32. The maximum atomic E-state index is 14.0. The molecule has 0 saturated heterocycles. The molecule has 8 heteroatoms. The quantitative estimate of drug-likeness (QED) is 0.323. The highest BCUT2D eigenvalue weighted by Gasteiger charge is 2.36. The van der Waals surface area contributed by atoms with Crippen LogP contribution in [0.15, 0.2) is 36.4 Å². The third-order valence-corrected chi connectivity index (χ3v) is 6.42. The van der Waals surface area contributed by atoms with E-state index >= 15 is 0 Å². The summed E-state index contributed by atoms with van der Waals surface area (Å²) >= 11 is 0. The van der Waals surface area contributed by atoms with Crippen LogP contribution in [0, 0.1) is 5.82 Å². The summed E-state index contributed by atoms with van der Waals surface area (Å²) in [5, 5.41) is 9.07. The van der Waals surface area contributed by atoms with Crippen molar-refractivity contribution in [2.75, 3.05) is 6.54 Å². The fourth-order valence-corrected chi connectivity index (χ4v) is 5.32. The van der Waals surface area contributed by atoms with Crippen molar-refractivity contribution in [3.8, 4) is 0 Å². The number of aromatic amines is 1. The number of nitrogens with one attached hydrogen (secondary N) is 3. The van der Waals surface area contributed by atoms with Crippen molar-refractivity contribution >= 4 is 67.8 Å². The van der Waals surface area contributed by atoms with E-state index in [-0.39, 0.29) is 24.1 Å². The van der Waals surface area contributed by atoms with Crippen LogP contribution in [0.5, 0.6) is 0 Å². The minimum Gasteiger partial charge on any atom is -0.353 e. The molecular formula is C23H16ClFN4O2. The molecule has 2 amide bonds. The molecule has 0 aliphatic carbocycles. The predicted molar refractivity (Wildman–Crippen MR) is 120 cm³/mol. The Hall–Kier alpha value is -3.42. The number of hydrogen-bond donors (Lipinski definition) is 3. The molecule has 7 rings (SSSR count). The van der Waals surface area contributed by atoms with Crippen molar-refractivity contribution in [1.82, 2.24) is 20.2 Å². The topological polar surface area (TPSA) is 78.9 Å². The van der Waals surface area contributed by atoms with Gasteiger partial charge in [-0.3, -0.25) is 14.9 Å². The monoisotopic (exact) mass is 434 g/mol. The van der Waals surface area contributed by atoms with E-state index in [1.165, 1.54) is 12.1 Å². The first-order valence-electron chi connectivity index (χ1n) is 9.90. The van der Waals surface area contributed by atoms with Gasteiger partial charge in [0.25, 0.3) is 11.8 Å². The van der Waals surface area contributed by atoms with E-state index in [1.807, 2.05) is 12.1 Å². The van der Waals surface area contributed by atoms with Crippen molar-refractivity contribution in [1.29, 1.82) is 0 Å². The van der Waals surface area contributed by atoms with Gasteiger partial charge in [-0.1, -0.05) is 18.2 Å². The SMILES string of the molecule is Cl.O=C1NC(=O)c2c1c1c3ccc(F)cc3[nH]c1c1c2c2cccc3c2n1CCNC3. The highest BCUT2D eigenvalue weighted by molar-refractivity contribution is 6.39. The lowest BCUT2D eigenvalue weighted by Crippen LogP contribution is -2.20. The maximum absolute atomic E-state index is 14.0. The number of carbonyl (C=O) groups excluding carboxylic acids is 2. The van der Waals surface area contributed by atoms with Crippen LogP contribution in [0.1, 0.15) is 26.3 Å². The Kier molecular flexibility index (Phi) is 3.59. The van der Waals surface area contributed by atoms with E-state index in [4.69, 9.17) is 0 Å².